The summed E-state index contributed by atoms with van der Waals surface area (Å²) in [5.41, 5.74) is 1.12. The van der Waals surface area contributed by atoms with Gasteiger partial charge in [-0.1, -0.05) is 12.1 Å². The molecule has 1 atom stereocenters. The maximum absolute atomic E-state index is 11.0. The fraction of sp³-hybridized carbons (Fsp3) is 0.273. The molecule has 16 heavy (non-hydrogen) atoms. The number of anilines is 1. The van der Waals surface area contributed by atoms with Gasteiger partial charge in [0.25, 0.3) is 0 Å². The maximum atomic E-state index is 11.0. The Morgan fingerprint density at radius 2 is 2.06 bits per heavy atom. The molecule has 1 aliphatic rings. The number of hydrogen-bond acceptors (Lipinski definition) is 3. The molecule has 0 saturated carbocycles. The maximum Gasteiger partial charge on any atom is 0.337 e. The summed E-state index contributed by atoms with van der Waals surface area (Å²) in [6.07, 6.45) is 0.478. The second-order valence-corrected chi connectivity index (χ2v) is 3.68. The Labute approximate surface area is 91.7 Å². The molecular weight excluding hydrogens is 210 g/mol. The van der Waals surface area contributed by atoms with Crippen LogP contribution in [0.2, 0.25) is 0 Å². The number of carbonyl (C=O) groups is 2. The molecule has 1 aromatic rings. The van der Waals surface area contributed by atoms with Crippen LogP contribution in [0.4, 0.5) is 5.69 Å². The van der Waals surface area contributed by atoms with E-state index >= 15 is 0 Å². The number of nitrogens with one attached hydrogen (secondary N) is 1. The first kappa shape index (κ1) is 10.5. The summed E-state index contributed by atoms with van der Waals surface area (Å²) in [4.78, 5) is 22.0. The second-order valence-electron chi connectivity index (χ2n) is 3.68. The highest BCUT2D eigenvalue weighted by Gasteiger charge is 2.28. The largest absolute Gasteiger partial charge is 0.481 e. The van der Waals surface area contributed by atoms with Crippen LogP contribution >= 0.6 is 0 Å². The van der Waals surface area contributed by atoms with Gasteiger partial charge in [-0.2, -0.15) is 0 Å². The van der Waals surface area contributed by atoms with Gasteiger partial charge in [0.2, 0.25) is 0 Å². The molecule has 0 aromatic heterocycles. The van der Waals surface area contributed by atoms with Crippen LogP contribution in [0.3, 0.4) is 0 Å². The number of hydrogen-bond donors (Lipinski definition) is 3. The van der Waals surface area contributed by atoms with Crippen molar-refractivity contribution in [2.24, 2.45) is 0 Å². The first-order valence-corrected chi connectivity index (χ1v) is 4.94. The molecule has 1 aromatic carbocycles. The van der Waals surface area contributed by atoms with Crippen LogP contribution in [-0.2, 0) is 4.79 Å². The van der Waals surface area contributed by atoms with E-state index in [-0.39, 0.29) is 5.56 Å². The van der Waals surface area contributed by atoms with E-state index in [0.29, 0.717) is 24.2 Å². The highest BCUT2D eigenvalue weighted by molar-refractivity contribution is 5.96. The smallest absolute Gasteiger partial charge is 0.337 e. The molecule has 5 heteroatoms. The van der Waals surface area contributed by atoms with E-state index in [9.17, 15) is 9.59 Å². The van der Waals surface area contributed by atoms with Crippen molar-refractivity contribution in [3.63, 3.8) is 0 Å². The van der Waals surface area contributed by atoms with Crippen molar-refractivity contribution >= 4 is 17.6 Å². The van der Waals surface area contributed by atoms with Gasteiger partial charge in [-0.05, 0) is 18.1 Å². The number of fused-ring (bicyclic) bond motifs is 1. The summed E-state index contributed by atoms with van der Waals surface area (Å²) in [5.74, 6) is -2.57. The van der Waals surface area contributed by atoms with Crippen molar-refractivity contribution in [2.75, 3.05) is 11.9 Å². The van der Waals surface area contributed by atoms with Crippen LogP contribution in [0.25, 0.3) is 0 Å². The number of para-hydroxylation sites is 1. The van der Waals surface area contributed by atoms with Gasteiger partial charge in [-0.25, -0.2) is 4.79 Å². The van der Waals surface area contributed by atoms with Gasteiger partial charge in [-0.3, -0.25) is 4.79 Å². The Balaban J connectivity index is 2.54. The molecule has 0 saturated heterocycles. The summed E-state index contributed by atoms with van der Waals surface area (Å²) >= 11 is 0. The molecule has 0 aliphatic carbocycles. The lowest BCUT2D eigenvalue weighted by Gasteiger charge is -2.24. The molecule has 0 fully saturated rings. The molecule has 1 aliphatic heterocycles. The van der Waals surface area contributed by atoms with E-state index in [0.717, 1.165) is 0 Å². The summed E-state index contributed by atoms with van der Waals surface area (Å²) < 4.78 is 0. The van der Waals surface area contributed by atoms with Gasteiger partial charge in [0.1, 0.15) is 0 Å². The number of aromatic carboxylic acids is 1. The molecule has 84 valence electrons. The average Bonchev–Trinajstić information content (AvgIpc) is 2.27. The highest BCUT2D eigenvalue weighted by atomic mass is 16.4. The lowest BCUT2D eigenvalue weighted by atomic mass is 9.89. The van der Waals surface area contributed by atoms with Gasteiger partial charge in [-0.15, -0.1) is 0 Å². The predicted octanol–water partition coefficient (Wildman–Crippen LogP) is 1.37. The highest BCUT2D eigenvalue weighted by Crippen LogP contribution is 2.34. The second kappa shape index (κ2) is 3.84. The van der Waals surface area contributed by atoms with Crippen LogP contribution in [0, 0.1) is 0 Å². The van der Waals surface area contributed by atoms with Gasteiger partial charge in [0.05, 0.1) is 17.2 Å². The predicted molar refractivity (Wildman–Crippen MR) is 56.9 cm³/mol. The molecule has 0 bridgehead atoms. The summed E-state index contributed by atoms with van der Waals surface area (Å²) in [5, 5.41) is 21.0. The van der Waals surface area contributed by atoms with Gasteiger partial charge >= 0.3 is 11.9 Å². The van der Waals surface area contributed by atoms with Crippen molar-refractivity contribution in [3.05, 3.63) is 29.3 Å². The summed E-state index contributed by atoms with van der Waals surface area (Å²) in [7, 11) is 0. The Kier molecular flexibility index (Phi) is 2.52. The summed E-state index contributed by atoms with van der Waals surface area (Å²) in [6, 6.07) is 4.70. The molecular formula is C11H11NO4. The Morgan fingerprint density at radius 3 is 2.69 bits per heavy atom. The van der Waals surface area contributed by atoms with Crippen LogP contribution in [0.1, 0.15) is 28.3 Å². The van der Waals surface area contributed by atoms with Gasteiger partial charge < -0.3 is 15.5 Å². The zero-order chi connectivity index (χ0) is 11.7. The van der Waals surface area contributed by atoms with Crippen molar-refractivity contribution < 1.29 is 19.8 Å². The zero-order valence-electron chi connectivity index (χ0n) is 8.43. The van der Waals surface area contributed by atoms with Gasteiger partial charge in [0, 0.05) is 6.54 Å². The number of carboxylic acid groups (broad SMARTS) is 2. The van der Waals surface area contributed by atoms with E-state index in [1.165, 1.54) is 6.07 Å². The lowest BCUT2D eigenvalue weighted by Crippen LogP contribution is -2.24. The molecule has 1 unspecified atom stereocenters. The Bertz CT molecular complexity index is 455. The first-order valence-electron chi connectivity index (χ1n) is 4.94. The van der Waals surface area contributed by atoms with Crippen LogP contribution in [0.15, 0.2) is 18.2 Å². The molecule has 0 amide bonds. The molecule has 1 heterocycles. The Hall–Kier alpha value is -2.04. The third-order valence-electron chi connectivity index (χ3n) is 2.74. The summed E-state index contributed by atoms with van der Waals surface area (Å²) in [6.45, 7) is 0.480. The van der Waals surface area contributed by atoms with Crippen molar-refractivity contribution in [3.8, 4) is 0 Å². The normalized spacial score (nSPS) is 18.4. The standard InChI is InChI=1S/C11H11NO4/c13-10(14)7-4-5-12-9-6(7)2-1-3-8(9)11(15)16/h1-3,7,12H,4-5H2,(H,13,14)(H,15,16). The van der Waals surface area contributed by atoms with E-state index < -0.39 is 17.9 Å². The number of carboxylic acids is 2. The molecule has 0 spiro atoms. The minimum Gasteiger partial charge on any atom is -0.481 e. The lowest BCUT2D eigenvalue weighted by molar-refractivity contribution is -0.138. The molecule has 5 nitrogen and oxygen atoms in total. The minimum absolute atomic E-state index is 0.128. The van der Waals surface area contributed by atoms with E-state index in [4.69, 9.17) is 10.2 Å². The molecule has 0 radical (unpaired) electrons. The zero-order valence-corrected chi connectivity index (χ0v) is 8.43. The number of aliphatic carboxylic acids is 1. The SMILES string of the molecule is O=C(O)c1cccc2c1NCCC2C(=O)O. The first-order chi connectivity index (χ1) is 7.61. The van der Waals surface area contributed by atoms with Crippen molar-refractivity contribution in [1.82, 2.24) is 0 Å². The molecule has 2 rings (SSSR count). The minimum atomic E-state index is -1.05. The monoisotopic (exact) mass is 221 g/mol. The average molecular weight is 221 g/mol. The Morgan fingerprint density at radius 1 is 1.31 bits per heavy atom. The topological polar surface area (TPSA) is 86.6 Å². The van der Waals surface area contributed by atoms with E-state index in [1.807, 2.05) is 0 Å². The van der Waals surface area contributed by atoms with Crippen LogP contribution < -0.4 is 5.32 Å². The van der Waals surface area contributed by atoms with Crippen LogP contribution in [0.5, 0.6) is 0 Å². The fourth-order valence-corrected chi connectivity index (χ4v) is 1.99. The fourth-order valence-electron chi connectivity index (χ4n) is 1.99. The van der Waals surface area contributed by atoms with Crippen molar-refractivity contribution in [1.29, 1.82) is 0 Å². The van der Waals surface area contributed by atoms with E-state index in [1.54, 1.807) is 12.1 Å². The van der Waals surface area contributed by atoms with Crippen molar-refractivity contribution in [2.45, 2.75) is 12.3 Å². The quantitative estimate of drug-likeness (QED) is 0.702. The molecule has 3 N–H and O–H groups in total. The van der Waals surface area contributed by atoms with Gasteiger partial charge in [0.15, 0.2) is 0 Å². The number of benzene rings is 1. The van der Waals surface area contributed by atoms with Crippen LogP contribution in [-0.4, -0.2) is 28.7 Å². The number of rotatable bonds is 2. The van der Waals surface area contributed by atoms with E-state index in [2.05, 4.69) is 5.32 Å². The third kappa shape index (κ3) is 1.60. The third-order valence-corrected chi connectivity index (χ3v) is 2.74.